The van der Waals surface area contributed by atoms with Crippen molar-refractivity contribution in [3.05, 3.63) is 63.4 Å². The summed E-state index contributed by atoms with van der Waals surface area (Å²) in [6.07, 6.45) is 2.78. The molecule has 2 nitrogen and oxygen atoms in total. The van der Waals surface area contributed by atoms with Gasteiger partial charge in [-0.25, -0.2) is 0 Å². The molecule has 112 valence electrons. The van der Waals surface area contributed by atoms with Crippen LogP contribution in [0.5, 0.6) is 0 Å². The molecule has 1 aromatic heterocycles. The van der Waals surface area contributed by atoms with Crippen LogP contribution in [0.15, 0.2) is 30.5 Å². The van der Waals surface area contributed by atoms with E-state index in [-0.39, 0.29) is 6.04 Å². The highest BCUT2D eigenvalue weighted by Gasteiger charge is 2.16. The average Bonchev–Trinajstić information content (AvgIpc) is 2.41. The number of nitrogens with zero attached hydrogens (tertiary/aromatic N) is 1. The van der Waals surface area contributed by atoms with Crippen molar-refractivity contribution in [2.24, 2.45) is 0 Å². The zero-order valence-electron chi connectivity index (χ0n) is 13.2. The van der Waals surface area contributed by atoms with Crippen LogP contribution in [-0.2, 0) is 6.42 Å². The number of rotatable bonds is 5. The number of hydrogen-bond acceptors (Lipinski definition) is 2. The fraction of sp³-hybridized carbons (Fsp3) is 0.389. The Balaban J connectivity index is 2.30. The molecule has 0 amide bonds. The van der Waals surface area contributed by atoms with Crippen LogP contribution in [0.3, 0.4) is 0 Å². The molecule has 2 rings (SSSR count). The number of halogens is 1. The molecule has 1 unspecified atom stereocenters. The Kier molecular flexibility index (Phi) is 5.38. The maximum Gasteiger partial charge on any atom is 0.0605 e. The van der Waals surface area contributed by atoms with E-state index in [1.807, 2.05) is 12.3 Å². The van der Waals surface area contributed by atoms with Gasteiger partial charge in [0, 0.05) is 11.2 Å². The third kappa shape index (κ3) is 4.05. The van der Waals surface area contributed by atoms with E-state index in [1.54, 1.807) is 0 Å². The fourth-order valence-electron chi connectivity index (χ4n) is 2.64. The summed E-state index contributed by atoms with van der Waals surface area (Å²) in [4.78, 5) is 4.63. The maximum atomic E-state index is 6.38. The summed E-state index contributed by atoms with van der Waals surface area (Å²) >= 11 is 6.38. The second-order valence-electron chi connectivity index (χ2n) is 5.62. The van der Waals surface area contributed by atoms with Crippen LogP contribution in [-0.4, -0.2) is 11.5 Å². The number of pyridine rings is 1. The molecule has 2 aromatic rings. The molecule has 1 heterocycles. The minimum absolute atomic E-state index is 0.191. The second-order valence-corrected chi connectivity index (χ2v) is 6.03. The first-order valence-electron chi connectivity index (χ1n) is 7.42. The van der Waals surface area contributed by atoms with Gasteiger partial charge in [0.05, 0.1) is 11.7 Å². The summed E-state index contributed by atoms with van der Waals surface area (Å²) < 4.78 is 0. The highest BCUT2D eigenvalue weighted by molar-refractivity contribution is 6.31. The van der Waals surface area contributed by atoms with E-state index in [9.17, 15) is 0 Å². The molecular weight excluding hydrogens is 280 g/mol. The lowest BCUT2D eigenvalue weighted by molar-refractivity contribution is 0.533. The summed E-state index contributed by atoms with van der Waals surface area (Å²) in [5.74, 6) is 0. The number of aryl methyl sites for hydroxylation is 3. The SMILES string of the molecule is CCNC(Cc1ccc(C)cc1Cl)c1ncc(C)cc1C. The fourth-order valence-corrected chi connectivity index (χ4v) is 2.95. The Morgan fingerprint density at radius 2 is 1.90 bits per heavy atom. The first-order chi connectivity index (χ1) is 10.0. The molecule has 1 aromatic carbocycles. The molecular formula is C18H23ClN2. The van der Waals surface area contributed by atoms with E-state index >= 15 is 0 Å². The van der Waals surface area contributed by atoms with Crippen molar-refractivity contribution in [2.75, 3.05) is 6.54 Å². The molecule has 0 aliphatic rings. The van der Waals surface area contributed by atoms with Crippen LogP contribution >= 0.6 is 11.6 Å². The summed E-state index contributed by atoms with van der Waals surface area (Å²) in [6.45, 7) is 9.28. The van der Waals surface area contributed by atoms with E-state index in [0.29, 0.717) is 0 Å². The standard InChI is InChI=1S/C18H23ClN2/c1-5-20-17(18-14(4)8-13(3)11-21-18)10-15-7-6-12(2)9-16(15)19/h6-9,11,17,20H,5,10H2,1-4H3. The quantitative estimate of drug-likeness (QED) is 0.876. The smallest absolute Gasteiger partial charge is 0.0605 e. The van der Waals surface area contributed by atoms with Gasteiger partial charge in [0.15, 0.2) is 0 Å². The Morgan fingerprint density at radius 1 is 1.14 bits per heavy atom. The lowest BCUT2D eigenvalue weighted by Gasteiger charge is -2.20. The molecule has 0 aliphatic heterocycles. The highest BCUT2D eigenvalue weighted by Crippen LogP contribution is 2.25. The number of nitrogens with one attached hydrogen (secondary N) is 1. The van der Waals surface area contributed by atoms with Crippen molar-refractivity contribution in [1.82, 2.24) is 10.3 Å². The van der Waals surface area contributed by atoms with Crippen molar-refractivity contribution in [3.63, 3.8) is 0 Å². The highest BCUT2D eigenvalue weighted by atomic mass is 35.5. The Hall–Kier alpha value is -1.38. The lowest BCUT2D eigenvalue weighted by Crippen LogP contribution is -2.25. The van der Waals surface area contributed by atoms with Gasteiger partial charge < -0.3 is 5.32 Å². The largest absolute Gasteiger partial charge is 0.309 e. The number of benzene rings is 1. The van der Waals surface area contributed by atoms with Crippen molar-refractivity contribution >= 4 is 11.6 Å². The van der Waals surface area contributed by atoms with Gasteiger partial charge in [-0.3, -0.25) is 4.98 Å². The van der Waals surface area contributed by atoms with Gasteiger partial charge >= 0.3 is 0 Å². The maximum absolute atomic E-state index is 6.38. The van der Waals surface area contributed by atoms with Crippen LogP contribution in [0.25, 0.3) is 0 Å². The summed E-state index contributed by atoms with van der Waals surface area (Å²) in [7, 11) is 0. The van der Waals surface area contributed by atoms with E-state index in [1.165, 1.54) is 16.7 Å². The molecule has 0 radical (unpaired) electrons. The van der Waals surface area contributed by atoms with Gasteiger partial charge in [0.2, 0.25) is 0 Å². The zero-order valence-corrected chi connectivity index (χ0v) is 14.0. The molecule has 0 saturated carbocycles. The number of likely N-dealkylation sites (N-methyl/N-ethyl adjacent to an activating group) is 1. The minimum atomic E-state index is 0.191. The van der Waals surface area contributed by atoms with Crippen molar-refractivity contribution in [1.29, 1.82) is 0 Å². The zero-order chi connectivity index (χ0) is 15.4. The van der Waals surface area contributed by atoms with E-state index in [4.69, 9.17) is 11.6 Å². The van der Waals surface area contributed by atoms with Gasteiger partial charge in [-0.2, -0.15) is 0 Å². The molecule has 0 aliphatic carbocycles. The van der Waals surface area contributed by atoms with Crippen LogP contribution in [0, 0.1) is 20.8 Å². The van der Waals surface area contributed by atoms with E-state index < -0.39 is 0 Å². The van der Waals surface area contributed by atoms with Gasteiger partial charge in [-0.1, -0.05) is 36.7 Å². The molecule has 3 heteroatoms. The van der Waals surface area contributed by atoms with Crippen LogP contribution < -0.4 is 5.32 Å². The molecule has 0 fully saturated rings. The first-order valence-corrected chi connectivity index (χ1v) is 7.80. The minimum Gasteiger partial charge on any atom is -0.309 e. The summed E-state index contributed by atoms with van der Waals surface area (Å²) in [5.41, 5.74) is 5.88. The van der Waals surface area contributed by atoms with Crippen LogP contribution in [0.1, 0.15) is 40.9 Å². The first kappa shape index (κ1) is 16.0. The van der Waals surface area contributed by atoms with Gasteiger partial charge in [0.25, 0.3) is 0 Å². The molecule has 0 saturated heterocycles. The van der Waals surface area contributed by atoms with Crippen LogP contribution in [0.4, 0.5) is 0 Å². The topological polar surface area (TPSA) is 24.9 Å². The lowest BCUT2D eigenvalue weighted by atomic mass is 9.98. The molecule has 21 heavy (non-hydrogen) atoms. The summed E-state index contributed by atoms with van der Waals surface area (Å²) in [6, 6.07) is 8.63. The van der Waals surface area contributed by atoms with E-state index in [0.717, 1.165) is 29.2 Å². The molecule has 0 spiro atoms. The third-order valence-electron chi connectivity index (χ3n) is 3.67. The van der Waals surface area contributed by atoms with Crippen molar-refractivity contribution in [2.45, 2.75) is 40.2 Å². The van der Waals surface area contributed by atoms with Crippen LogP contribution in [0.2, 0.25) is 5.02 Å². The van der Waals surface area contributed by atoms with Crippen molar-refractivity contribution < 1.29 is 0 Å². The molecule has 1 N–H and O–H groups in total. The van der Waals surface area contributed by atoms with Gasteiger partial charge in [-0.15, -0.1) is 0 Å². The van der Waals surface area contributed by atoms with Gasteiger partial charge in [0.1, 0.15) is 0 Å². The second kappa shape index (κ2) is 7.06. The Bertz CT molecular complexity index is 623. The Morgan fingerprint density at radius 3 is 2.52 bits per heavy atom. The molecule has 0 bridgehead atoms. The average molecular weight is 303 g/mol. The number of hydrogen-bond donors (Lipinski definition) is 1. The molecule has 1 atom stereocenters. The van der Waals surface area contributed by atoms with E-state index in [2.05, 4.69) is 56.2 Å². The number of aromatic nitrogens is 1. The monoisotopic (exact) mass is 302 g/mol. The van der Waals surface area contributed by atoms with Crippen molar-refractivity contribution in [3.8, 4) is 0 Å². The summed E-state index contributed by atoms with van der Waals surface area (Å²) in [5, 5.41) is 4.36. The third-order valence-corrected chi connectivity index (χ3v) is 4.02. The predicted molar refractivity (Wildman–Crippen MR) is 90.0 cm³/mol. The normalized spacial score (nSPS) is 12.4. The van der Waals surface area contributed by atoms with Gasteiger partial charge in [-0.05, 0) is 62.1 Å². The Labute approximate surface area is 132 Å². The predicted octanol–water partition coefficient (Wildman–Crippen LogP) is 4.55.